The van der Waals surface area contributed by atoms with Gasteiger partial charge in [0.1, 0.15) is 5.82 Å². The van der Waals surface area contributed by atoms with Crippen LogP contribution in [0, 0.1) is 6.92 Å². The summed E-state index contributed by atoms with van der Waals surface area (Å²) < 4.78 is 1.50. The summed E-state index contributed by atoms with van der Waals surface area (Å²) in [4.78, 5) is 21.2. The topological polar surface area (TPSA) is 72.2 Å². The van der Waals surface area contributed by atoms with Crippen LogP contribution in [0.3, 0.4) is 0 Å². The van der Waals surface area contributed by atoms with Crippen LogP contribution < -0.4 is 5.32 Å². The van der Waals surface area contributed by atoms with Crippen molar-refractivity contribution in [3.05, 3.63) is 52.4 Å². The zero-order valence-electron chi connectivity index (χ0n) is 11.5. The van der Waals surface area contributed by atoms with E-state index in [9.17, 15) is 4.79 Å². The number of ketones is 1. The minimum absolute atomic E-state index is 0.212. The molecule has 0 spiro atoms. The summed E-state index contributed by atoms with van der Waals surface area (Å²) in [5.41, 5.74) is 1.28. The maximum Gasteiger partial charge on any atom is 0.227 e. The fraction of sp³-hybridized carbons (Fsp3) is 0.143. The quantitative estimate of drug-likeness (QED) is 0.752. The molecule has 0 aliphatic heterocycles. The molecule has 3 aromatic rings. The summed E-state index contributed by atoms with van der Waals surface area (Å²) in [7, 11) is 1.73. The van der Waals surface area contributed by atoms with Crippen LogP contribution in [0.15, 0.2) is 30.5 Å². The van der Waals surface area contributed by atoms with Crippen LogP contribution in [0.1, 0.15) is 21.7 Å². The van der Waals surface area contributed by atoms with Crippen LogP contribution in [0.2, 0.25) is 5.02 Å². The Hall–Kier alpha value is -2.47. The third-order valence-corrected chi connectivity index (χ3v) is 3.40. The smallest absolute Gasteiger partial charge is 0.227 e. The lowest BCUT2D eigenvalue weighted by molar-refractivity contribution is 0.104. The molecule has 0 saturated heterocycles. The summed E-state index contributed by atoms with van der Waals surface area (Å²) in [6, 6.07) is 6.91. The van der Waals surface area contributed by atoms with Gasteiger partial charge in [0.15, 0.2) is 11.4 Å². The number of carbonyl (C=O) groups excluding carboxylic acids is 1. The van der Waals surface area contributed by atoms with Gasteiger partial charge in [0.2, 0.25) is 5.95 Å². The molecule has 3 rings (SSSR count). The van der Waals surface area contributed by atoms with Crippen molar-refractivity contribution in [3.63, 3.8) is 0 Å². The van der Waals surface area contributed by atoms with E-state index in [0.29, 0.717) is 33.6 Å². The van der Waals surface area contributed by atoms with Gasteiger partial charge >= 0.3 is 0 Å². The molecule has 0 unspecified atom stereocenters. The molecule has 0 fully saturated rings. The van der Waals surface area contributed by atoms with E-state index in [2.05, 4.69) is 20.4 Å². The number of hydrogen-bond acceptors (Lipinski definition) is 5. The maximum absolute atomic E-state index is 12.6. The first-order chi connectivity index (χ1) is 10.1. The van der Waals surface area contributed by atoms with Crippen molar-refractivity contribution < 1.29 is 4.79 Å². The molecule has 1 N–H and O–H groups in total. The van der Waals surface area contributed by atoms with E-state index < -0.39 is 0 Å². The summed E-state index contributed by atoms with van der Waals surface area (Å²) in [5, 5.41) is 7.50. The standard InChI is InChI=1S/C14H12ClN5O/c1-8-18-13-10(7-17-20(13)14(16-2)19-8)12(21)9-5-3-4-6-11(9)15/h3-7H,1-2H3,(H,16,18,19). The average molecular weight is 302 g/mol. The molecule has 0 saturated carbocycles. The number of nitrogens with zero attached hydrogens (tertiary/aromatic N) is 4. The van der Waals surface area contributed by atoms with E-state index in [1.54, 1.807) is 38.2 Å². The number of benzene rings is 1. The molecular formula is C14H12ClN5O. The first-order valence-electron chi connectivity index (χ1n) is 6.31. The minimum atomic E-state index is -0.212. The number of hydrogen-bond donors (Lipinski definition) is 1. The van der Waals surface area contributed by atoms with Gasteiger partial charge in [0, 0.05) is 12.6 Å². The average Bonchev–Trinajstić information content (AvgIpc) is 2.89. The van der Waals surface area contributed by atoms with E-state index >= 15 is 0 Å². The van der Waals surface area contributed by atoms with Crippen LogP contribution in [0.4, 0.5) is 5.95 Å². The molecule has 2 heterocycles. The Morgan fingerprint density at radius 1 is 1.24 bits per heavy atom. The lowest BCUT2D eigenvalue weighted by atomic mass is 10.1. The third-order valence-electron chi connectivity index (χ3n) is 3.07. The van der Waals surface area contributed by atoms with Crippen LogP contribution in [-0.4, -0.2) is 32.4 Å². The third kappa shape index (κ3) is 2.23. The van der Waals surface area contributed by atoms with Gasteiger partial charge in [-0.05, 0) is 19.1 Å². The molecule has 2 aromatic heterocycles. The second-order valence-corrected chi connectivity index (χ2v) is 4.85. The predicted molar refractivity (Wildman–Crippen MR) is 80.0 cm³/mol. The van der Waals surface area contributed by atoms with E-state index in [1.165, 1.54) is 10.7 Å². The first-order valence-corrected chi connectivity index (χ1v) is 6.69. The van der Waals surface area contributed by atoms with Crippen molar-refractivity contribution in [1.29, 1.82) is 0 Å². The molecule has 0 aliphatic carbocycles. The molecule has 21 heavy (non-hydrogen) atoms. The van der Waals surface area contributed by atoms with Crippen LogP contribution in [0.5, 0.6) is 0 Å². The lowest BCUT2D eigenvalue weighted by Gasteiger charge is -2.05. The van der Waals surface area contributed by atoms with Gasteiger partial charge in [0.25, 0.3) is 0 Å². The number of anilines is 1. The Kier molecular flexibility index (Phi) is 3.31. The number of aryl methyl sites for hydroxylation is 1. The molecule has 0 bridgehead atoms. The molecular weight excluding hydrogens is 290 g/mol. The minimum Gasteiger partial charge on any atom is -0.357 e. The zero-order chi connectivity index (χ0) is 15.0. The molecule has 0 radical (unpaired) electrons. The van der Waals surface area contributed by atoms with Crippen LogP contribution in [0.25, 0.3) is 5.65 Å². The Bertz CT molecular complexity index is 842. The second-order valence-electron chi connectivity index (χ2n) is 4.45. The summed E-state index contributed by atoms with van der Waals surface area (Å²) >= 11 is 6.08. The first kappa shape index (κ1) is 13.5. The van der Waals surface area contributed by atoms with Gasteiger partial charge in [-0.15, -0.1) is 0 Å². The maximum atomic E-state index is 12.6. The number of rotatable bonds is 3. The highest BCUT2D eigenvalue weighted by molar-refractivity contribution is 6.35. The normalized spacial score (nSPS) is 10.8. The Labute approximate surface area is 125 Å². The van der Waals surface area contributed by atoms with Crippen molar-refractivity contribution in [2.75, 3.05) is 12.4 Å². The molecule has 0 aliphatic rings. The van der Waals surface area contributed by atoms with Crippen molar-refractivity contribution in [1.82, 2.24) is 19.6 Å². The number of nitrogens with one attached hydrogen (secondary N) is 1. The van der Waals surface area contributed by atoms with E-state index in [-0.39, 0.29) is 5.78 Å². The largest absolute Gasteiger partial charge is 0.357 e. The van der Waals surface area contributed by atoms with Crippen molar-refractivity contribution in [3.8, 4) is 0 Å². The lowest BCUT2D eigenvalue weighted by Crippen LogP contribution is -2.08. The Morgan fingerprint density at radius 2 is 2.00 bits per heavy atom. The van der Waals surface area contributed by atoms with E-state index in [1.807, 2.05) is 0 Å². The Morgan fingerprint density at radius 3 is 2.71 bits per heavy atom. The molecule has 1 aromatic carbocycles. The number of aromatic nitrogens is 4. The molecule has 6 nitrogen and oxygen atoms in total. The highest BCUT2D eigenvalue weighted by Crippen LogP contribution is 2.21. The highest BCUT2D eigenvalue weighted by atomic mass is 35.5. The monoisotopic (exact) mass is 301 g/mol. The van der Waals surface area contributed by atoms with Crippen molar-refractivity contribution in [2.24, 2.45) is 0 Å². The predicted octanol–water partition coefficient (Wildman–Crippen LogP) is 2.36. The van der Waals surface area contributed by atoms with Gasteiger partial charge < -0.3 is 5.32 Å². The molecule has 0 atom stereocenters. The van der Waals surface area contributed by atoms with Crippen LogP contribution >= 0.6 is 11.6 Å². The molecule has 0 amide bonds. The fourth-order valence-corrected chi connectivity index (χ4v) is 2.32. The molecule has 106 valence electrons. The van der Waals surface area contributed by atoms with Crippen molar-refractivity contribution in [2.45, 2.75) is 6.92 Å². The zero-order valence-corrected chi connectivity index (χ0v) is 12.2. The van der Waals surface area contributed by atoms with Gasteiger partial charge in [-0.25, -0.2) is 4.98 Å². The summed E-state index contributed by atoms with van der Waals surface area (Å²) in [6.07, 6.45) is 1.48. The second kappa shape index (κ2) is 5.14. The van der Waals surface area contributed by atoms with Gasteiger partial charge in [-0.2, -0.15) is 14.6 Å². The van der Waals surface area contributed by atoms with E-state index in [0.717, 1.165) is 0 Å². The fourth-order valence-electron chi connectivity index (χ4n) is 2.10. The molecule has 7 heteroatoms. The Balaban J connectivity index is 2.20. The SMILES string of the molecule is CNc1nc(C)nc2c(C(=O)c3ccccc3Cl)cnn12. The van der Waals surface area contributed by atoms with Gasteiger partial charge in [-0.3, -0.25) is 4.79 Å². The highest BCUT2D eigenvalue weighted by Gasteiger charge is 2.19. The van der Waals surface area contributed by atoms with E-state index in [4.69, 9.17) is 11.6 Å². The number of fused-ring (bicyclic) bond motifs is 1. The number of carbonyl (C=O) groups is 1. The number of halogens is 1. The van der Waals surface area contributed by atoms with Gasteiger partial charge in [0.05, 0.1) is 16.8 Å². The van der Waals surface area contributed by atoms with Crippen LogP contribution in [-0.2, 0) is 0 Å². The summed E-state index contributed by atoms with van der Waals surface area (Å²) in [6.45, 7) is 1.76. The summed E-state index contributed by atoms with van der Waals surface area (Å²) in [5.74, 6) is 0.868. The van der Waals surface area contributed by atoms with Gasteiger partial charge in [-0.1, -0.05) is 23.7 Å². The van der Waals surface area contributed by atoms with Crippen molar-refractivity contribution >= 4 is 29.0 Å².